The Balaban J connectivity index is 0. The molecule has 0 aliphatic heterocycles. The highest BCUT2D eigenvalue weighted by molar-refractivity contribution is 5.92. The fourth-order valence-corrected chi connectivity index (χ4v) is 0.739. The Morgan fingerprint density at radius 3 is 2.40 bits per heavy atom. The maximum Gasteiger partial charge on any atom is 0.433 e. The normalized spacial score (nSPS) is 10.2. The molecule has 0 bridgehead atoms. The summed E-state index contributed by atoms with van der Waals surface area (Å²) in [6, 6.07) is 1.74. The second-order valence-electron chi connectivity index (χ2n) is 2.29. The average Bonchev–Trinajstić information content (AvgIpc) is 2.20. The zero-order valence-corrected chi connectivity index (χ0v) is 8.30. The van der Waals surface area contributed by atoms with Crippen LogP contribution in [-0.2, 0) is 6.18 Å². The molecule has 1 amide bonds. The third kappa shape index (κ3) is 3.97. The molecular weight excluding hydrogens is 209 g/mol. The number of carbonyl (C=O) groups is 1. The van der Waals surface area contributed by atoms with Crippen LogP contribution in [-0.4, -0.2) is 10.9 Å². The molecule has 6 heteroatoms. The summed E-state index contributed by atoms with van der Waals surface area (Å²) in [6.45, 7) is 4.00. The number of primary amides is 1. The fourth-order valence-electron chi connectivity index (χ4n) is 0.739. The van der Waals surface area contributed by atoms with E-state index in [1.807, 2.05) is 13.8 Å². The van der Waals surface area contributed by atoms with Gasteiger partial charge in [-0.2, -0.15) is 13.2 Å². The molecule has 0 spiro atoms. The molecule has 86 valence electrons. The molecule has 0 aliphatic rings. The Bertz CT molecular complexity index is 342. The molecule has 0 fully saturated rings. The lowest BCUT2D eigenvalue weighted by molar-refractivity contribution is -0.141. The predicted molar refractivity (Wildman–Crippen MR) is 51.2 cm³/mol. The van der Waals surface area contributed by atoms with Crippen LogP contribution in [0, 0.1) is 0 Å². The number of nitrogens with zero attached hydrogens (tertiary/aromatic N) is 1. The quantitative estimate of drug-likeness (QED) is 0.793. The lowest BCUT2D eigenvalue weighted by Gasteiger charge is -2.05. The molecule has 1 aromatic heterocycles. The number of halogens is 3. The smallest absolute Gasteiger partial charge is 0.366 e. The van der Waals surface area contributed by atoms with E-state index in [9.17, 15) is 18.0 Å². The maximum atomic E-state index is 12.0. The summed E-state index contributed by atoms with van der Waals surface area (Å²) in [6.07, 6.45) is -3.66. The molecule has 2 N–H and O–H groups in total. The lowest BCUT2D eigenvalue weighted by atomic mass is 10.2. The molecule has 0 aliphatic carbocycles. The van der Waals surface area contributed by atoms with Crippen molar-refractivity contribution in [3.05, 3.63) is 29.6 Å². The first-order valence-corrected chi connectivity index (χ1v) is 4.24. The maximum absolute atomic E-state index is 12.0. The second-order valence-corrected chi connectivity index (χ2v) is 2.29. The number of rotatable bonds is 1. The predicted octanol–water partition coefficient (Wildman–Crippen LogP) is 2.47. The van der Waals surface area contributed by atoms with Gasteiger partial charge in [-0.25, -0.2) is 0 Å². The summed E-state index contributed by atoms with van der Waals surface area (Å²) in [5.41, 5.74) is 3.46. The van der Waals surface area contributed by atoms with Gasteiger partial charge in [0.05, 0.1) is 0 Å². The molecule has 15 heavy (non-hydrogen) atoms. The summed E-state index contributed by atoms with van der Waals surface area (Å²) >= 11 is 0. The van der Waals surface area contributed by atoms with Crippen molar-refractivity contribution in [3.8, 4) is 0 Å². The largest absolute Gasteiger partial charge is 0.433 e. The van der Waals surface area contributed by atoms with E-state index in [2.05, 4.69) is 4.98 Å². The number of aromatic nitrogens is 1. The van der Waals surface area contributed by atoms with Crippen LogP contribution in [0.3, 0.4) is 0 Å². The molecule has 1 aromatic rings. The van der Waals surface area contributed by atoms with Crippen LogP contribution in [0.2, 0.25) is 0 Å². The Kier molecular flexibility index (Phi) is 4.77. The van der Waals surface area contributed by atoms with E-state index >= 15 is 0 Å². The summed E-state index contributed by atoms with van der Waals surface area (Å²) in [4.78, 5) is 13.6. The minimum absolute atomic E-state index is 0. The van der Waals surface area contributed by atoms with Crippen LogP contribution in [0.1, 0.15) is 31.3 Å². The van der Waals surface area contributed by atoms with E-state index in [1.165, 1.54) is 0 Å². The highest BCUT2D eigenvalue weighted by Gasteiger charge is 2.32. The van der Waals surface area contributed by atoms with Gasteiger partial charge in [0, 0.05) is 13.2 Å². The summed E-state index contributed by atoms with van der Waals surface area (Å²) in [7, 11) is 0. The lowest BCUT2D eigenvalue weighted by Crippen LogP contribution is -2.14. The minimum Gasteiger partial charge on any atom is -0.366 e. The van der Waals surface area contributed by atoms with Crippen LogP contribution >= 0.6 is 0 Å². The molecule has 1 heterocycles. The molecule has 0 radical (unpaired) electrons. The van der Waals surface area contributed by atoms with Gasteiger partial charge in [-0.3, -0.25) is 9.78 Å². The van der Waals surface area contributed by atoms with E-state index in [0.29, 0.717) is 6.07 Å². The van der Waals surface area contributed by atoms with E-state index < -0.39 is 17.8 Å². The van der Waals surface area contributed by atoms with Gasteiger partial charge in [0.1, 0.15) is 5.69 Å². The first kappa shape index (κ1) is 13.4. The molecule has 0 atom stereocenters. The van der Waals surface area contributed by atoms with Crippen molar-refractivity contribution in [2.24, 2.45) is 5.73 Å². The van der Waals surface area contributed by atoms with Gasteiger partial charge in [-0.05, 0) is 12.1 Å². The van der Waals surface area contributed by atoms with E-state index in [0.717, 1.165) is 12.3 Å². The van der Waals surface area contributed by atoms with Crippen LogP contribution in [0.4, 0.5) is 13.2 Å². The Morgan fingerprint density at radius 2 is 2.00 bits per heavy atom. The molecule has 0 aromatic carbocycles. The summed E-state index contributed by atoms with van der Waals surface area (Å²) < 4.78 is 36.1. The van der Waals surface area contributed by atoms with Crippen molar-refractivity contribution >= 4 is 5.91 Å². The highest BCUT2D eigenvalue weighted by atomic mass is 19.4. The van der Waals surface area contributed by atoms with Crippen LogP contribution in [0.5, 0.6) is 0 Å². The first-order valence-electron chi connectivity index (χ1n) is 4.24. The molecule has 1 rings (SSSR count). The Morgan fingerprint density at radius 1 is 1.47 bits per heavy atom. The van der Waals surface area contributed by atoms with Crippen molar-refractivity contribution in [1.82, 2.24) is 4.98 Å². The number of carbonyl (C=O) groups excluding carboxylic acids is 1. The van der Waals surface area contributed by atoms with E-state index in [4.69, 9.17) is 5.73 Å². The summed E-state index contributed by atoms with van der Waals surface area (Å²) in [5.74, 6) is -0.909. The van der Waals surface area contributed by atoms with Gasteiger partial charge < -0.3 is 5.73 Å². The molecule has 0 saturated carbocycles. The monoisotopic (exact) mass is 222 g/mol. The van der Waals surface area contributed by atoms with Gasteiger partial charge in [-0.15, -0.1) is 0 Å². The topological polar surface area (TPSA) is 56.0 Å². The molecule has 0 unspecified atom stereocenters. The van der Waals surface area contributed by atoms with Crippen molar-refractivity contribution in [3.63, 3.8) is 0 Å². The molecule has 3 nitrogen and oxygen atoms in total. The van der Waals surface area contributed by atoms with Crippen molar-refractivity contribution in [2.75, 3.05) is 0 Å². The van der Waals surface area contributed by atoms with Crippen molar-refractivity contribution < 1.29 is 19.4 Å². The van der Waals surface area contributed by atoms with Crippen LogP contribution in [0.25, 0.3) is 0 Å². The Labute approximate surface area is 86.6 Å². The van der Waals surface area contributed by atoms with Gasteiger partial charge in [0.25, 0.3) is 0 Å². The summed E-state index contributed by atoms with van der Waals surface area (Å²) in [5, 5.41) is 0. The van der Waals surface area contributed by atoms with E-state index in [-0.39, 0.29) is 6.99 Å². The molecule has 0 saturated heterocycles. The zero-order valence-electron chi connectivity index (χ0n) is 8.30. The standard InChI is InChI=1S/C7H5F3N2O.C2H6.H2/c8-7(9,10)5-3-4(6(11)13)1-2-12-5;1-2;/h1-3H,(H2,11,13);1-2H3;1H. The molecular formula is C9H13F3N2O. The fraction of sp³-hybridized carbons (Fsp3) is 0.333. The van der Waals surface area contributed by atoms with Crippen molar-refractivity contribution in [1.29, 1.82) is 0 Å². The minimum atomic E-state index is -4.55. The number of amides is 1. The number of nitrogens with two attached hydrogens (primary N) is 1. The third-order valence-electron chi connectivity index (χ3n) is 1.33. The Hall–Kier alpha value is -1.59. The average molecular weight is 222 g/mol. The van der Waals surface area contributed by atoms with E-state index in [1.54, 1.807) is 0 Å². The van der Waals surface area contributed by atoms with Crippen LogP contribution < -0.4 is 5.73 Å². The second kappa shape index (κ2) is 5.33. The van der Waals surface area contributed by atoms with Crippen LogP contribution in [0.15, 0.2) is 18.3 Å². The number of pyridine rings is 1. The number of alkyl halides is 3. The highest BCUT2D eigenvalue weighted by Crippen LogP contribution is 2.27. The first-order chi connectivity index (χ1) is 6.91. The van der Waals surface area contributed by atoms with Gasteiger partial charge >= 0.3 is 6.18 Å². The van der Waals surface area contributed by atoms with Gasteiger partial charge in [0.15, 0.2) is 0 Å². The number of hydrogen-bond donors (Lipinski definition) is 1. The van der Waals surface area contributed by atoms with Gasteiger partial charge in [0.2, 0.25) is 5.91 Å². The number of hydrogen-bond acceptors (Lipinski definition) is 2. The zero-order chi connectivity index (χ0) is 12.1. The third-order valence-corrected chi connectivity index (χ3v) is 1.33. The van der Waals surface area contributed by atoms with Crippen molar-refractivity contribution in [2.45, 2.75) is 20.0 Å². The van der Waals surface area contributed by atoms with Gasteiger partial charge in [-0.1, -0.05) is 13.8 Å². The SMILES string of the molecule is CC.NC(=O)c1ccnc(C(F)(F)F)c1.[HH].